The zero-order chi connectivity index (χ0) is 20.2. The number of hydrogen-bond donors (Lipinski definition) is 2. The van der Waals surface area contributed by atoms with Crippen molar-refractivity contribution in [2.45, 2.75) is 18.8 Å². The zero-order valence-corrected chi connectivity index (χ0v) is 16.2. The molecule has 2 aromatic rings. The summed E-state index contributed by atoms with van der Waals surface area (Å²) in [5, 5.41) is 4.36. The molecule has 2 amide bonds. The van der Waals surface area contributed by atoms with Crippen LogP contribution in [0.1, 0.15) is 33.2 Å². The molecule has 8 nitrogen and oxygen atoms in total. The fourth-order valence-electron chi connectivity index (χ4n) is 2.19. The van der Waals surface area contributed by atoms with Crippen LogP contribution in [-0.2, 0) is 25.1 Å². The lowest BCUT2D eigenvalue weighted by Crippen LogP contribution is -2.30. The van der Waals surface area contributed by atoms with E-state index in [2.05, 4.69) is 5.32 Å². The molecule has 1 aromatic heterocycles. The number of primary amides is 1. The van der Waals surface area contributed by atoms with Crippen molar-refractivity contribution in [1.29, 1.82) is 0 Å². The second-order valence-electron chi connectivity index (χ2n) is 5.83. The summed E-state index contributed by atoms with van der Waals surface area (Å²) < 4.78 is 27.9. The Morgan fingerprint density at radius 3 is 2.59 bits per heavy atom. The Bertz CT molecular complexity index is 981. The number of thiophene rings is 1. The van der Waals surface area contributed by atoms with Gasteiger partial charge < -0.3 is 15.8 Å². The van der Waals surface area contributed by atoms with E-state index in [9.17, 15) is 22.8 Å². The molecule has 2 rings (SSSR count). The number of ether oxygens (including phenoxy) is 1. The molecule has 27 heavy (non-hydrogen) atoms. The van der Waals surface area contributed by atoms with E-state index < -0.39 is 33.7 Å². The Labute approximate surface area is 160 Å². The summed E-state index contributed by atoms with van der Waals surface area (Å²) in [6.45, 7) is 1.38. The van der Waals surface area contributed by atoms with Crippen molar-refractivity contribution in [2.24, 2.45) is 5.73 Å². The molecular formula is C17H18N2O6S2. The molecule has 0 unspecified atom stereocenters. The molecule has 0 radical (unpaired) electrons. The standard InChI is InChI=1S/C17H18N2O6S2/c1-10(15(21)19-16-13(14(18)20)6-7-26-16)25-17(22)12-5-3-4-11(8-12)9-27(2,23)24/h3-8,10H,9H2,1-2H3,(H2,18,20)(H,19,21)/t10-/m0/s1. The smallest absolute Gasteiger partial charge is 0.338 e. The number of sulfone groups is 1. The molecule has 0 aliphatic heterocycles. The van der Waals surface area contributed by atoms with Crippen LogP contribution in [0.5, 0.6) is 0 Å². The van der Waals surface area contributed by atoms with Gasteiger partial charge in [0.2, 0.25) is 0 Å². The van der Waals surface area contributed by atoms with Gasteiger partial charge in [-0.05, 0) is 36.1 Å². The predicted octanol–water partition coefficient (Wildman–Crippen LogP) is 1.58. The Morgan fingerprint density at radius 2 is 1.96 bits per heavy atom. The molecule has 0 bridgehead atoms. The number of carbonyl (C=O) groups is 3. The van der Waals surface area contributed by atoms with E-state index in [1.165, 1.54) is 31.2 Å². The Balaban J connectivity index is 2.04. The first-order chi connectivity index (χ1) is 12.6. The average molecular weight is 410 g/mol. The van der Waals surface area contributed by atoms with Gasteiger partial charge >= 0.3 is 5.97 Å². The van der Waals surface area contributed by atoms with E-state index in [-0.39, 0.29) is 21.9 Å². The third-order valence-electron chi connectivity index (χ3n) is 3.41. The van der Waals surface area contributed by atoms with Gasteiger partial charge in [-0.2, -0.15) is 0 Å². The fourth-order valence-corrected chi connectivity index (χ4v) is 3.77. The van der Waals surface area contributed by atoms with Crippen LogP contribution in [0, 0.1) is 0 Å². The second kappa shape index (κ2) is 8.31. The summed E-state index contributed by atoms with van der Waals surface area (Å²) in [5.41, 5.74) is 5.95. The molecule has 0 saturated carbocycles. The summed E-state index contributed by atoms with van der Waals surface area (Å²) >= 11 is 1.12. The first kappa shape index (κ1) is 20.6. The minimum Gasteiger partial charge on any atom is -0.449 e. The maximum absolute atomic E-state index is 12.2. The molecule has 0 spiro atoms. The van der Waals surface area contributed by atoms with Crippen molar-refractivity contribution in [3.05, 3.63) is 52.4 Å². The summed E-state index contributed by atoms with van der Waals surface area (Å²) in [6, 6.07) is 7.46. The molecule has 0 saturated heterocycles. The van der Waals surface area contributed by atoms with Crippen molar-refractivity contribution in [2.75, 3.05) is 11.6 Å². The van der Waals surface area contributed by atoms with Crippen molar-refractivity contribution < 1.29 is 27.5 Å². The number of anilines is 1. The largest absolute Gasteiger partial charge is 0.449 e. The molecule has 0 aliphatic rings. The molecule has 1 heterocycles. The Hall–Kier alpha value is -2.72. The van der Waals surface area contributed by atoms with Gasteiger partial charge in [-0.1, -0.05) is 12.1 Å². The van der Waals surface area contributed by atoms with E-state index >= 15 is 0 Å². The van der Waals surface area contributed by atoms with Crippen molar-refractivity contribution >= 4 is 44.0 Å². The summed E-state index contributed by atoms with van der Waals surface area (Å²) in [4.78, 5) is 35.7. The molecule has 0 fully saturated rings. The van der Waals surface area contributed by atoms with Crippen LogP contribution in [0.3, 0.4) is 0 Å². The maximum atomic E-state index is 12.2. The Morgan fingerprint density at radius 1 is 1.26 bits per heavy atom. The third kappa shape index (κ3) is 5.90. The summed E-state index contributed by atoms with van der Waals surface area (Å²) in [6.07, 6.45) is -0.0473. The van der Waals surface area contributed by atoms with Gasteiger partial charge in [0.15, 0.2) is 15.9 Å². The average Bonchev–Trinajstić information content (AvgIpc) is 3.01. The van der Waals surface area contributed by atoms with Gasteiger partial charge in [0, 0.05) is 6.26 Å². The highest BCUT2D eigenvalue weighted by atomic mass is 32.2. The third-order valence-corrected chi connectivity index (χ3v) is 5.10. The fraction of sp³-hybridized carbons (Fsp3) is 0.235. The summed E-state index contributed by atoms with van der Waals surface area (Å²) in [5.74, 6) is -2.29. The van der Waals surface area contributed by atoms with E-state index in [0.717, 1.165) is 17.6 Å². The van der Waals surface area contributed by atoms with Crippen LogP contribution in [0.4, 0.5) is 5.00 Å². The van der Waals surface area contributed by atoms with Gasteiger partial charge in [0.25, 0.3) is 11.8 Å². The van der Waals surface area contributed by atoms with Gasteiger partial charge in [0.05, 0.1) is 16.9 Å². The lowest BCUT2D eigenvalue weighted by atomic mass is 10.1. The molecule has 1 aromatic carbocycles. The normalized spacial score (nSPS) is 12.2. The lowest BCUT2D eigenvalue weighted by Gasteiger charge is -2.13. The highest BCUT2D eigenvalue weighted by Gasteiger charge is 2.21. The number of nitrogens with one attached hydrogen (secondary N) is 1. The van der Waals surface area contributed by atoms with Crippen LogP contribution in [0.15, 0.2) is 35.7 Å². The SMILES string of the molecule is C[C@H](OC(=O)c1cccc(CS(C)(=O)=O)c1)C(=O)Nc1sccc1C(N)=O. The molecule has 10 heteroatoms. The highest BCUT2D eigenvalue weighted by Crippen LogP contribution is 2.23. The van der Waals surface area contributed by atoms with Crippen molar-refractivity contribution in [3.63, 3.8) is 0 Å². The Kier molecular flexibility index (Phi) is 6.34. The van der Waals surface area contributed by atoms with Gasteiger partial charge in [-0.15, -0.1) is 11.3 Å². The monoisotopic (exact) mass is 410 g/mol. The zero-order valence-electron chi connectivity index (χ0n) is 14.6. The van der Waals surface area contributed by atoms with Gasteiger partial charge in [-0.3, -0.25) is 9.59 Å². The van der Waals surface area contributed by atoms with E-state index in [1.807, 2.05) is 0 Å². The first-order valence-electron chi connectivity index (χ1n) is 7.72. The van der Waals surface area contributed by atoms with Crippen LogP contribution < -0.4 is 11.1 Å². The maximum Gasteiger partial charge on any atom is 0.338 e. The van der Waals surface area contributed by atoms with Crippen molar-refractivity contribution in [3.8, 4) is 0 Å². The number of amides is 2. The van der Waals surface area contributed by atoms with Crippen LogP contribution >= 0.6 is 11.3 Å². The van der Waals surface area contributed by atoms with E-state index in [1.54, 1.807) is 11.4 Å². The second-order valence-corrected chi connectivity index (χ2v) is 8.89. The minimum absolute atomic E-state index is 0.129. The first-order valence-corrected chi connectivity index (χ1v) is 10.7. The molecule has 3 N–H and O–H groups in total. The minimum atomic E-state index is -3.25. The van der Waals surface area contributed by atoms with Gasteiger partial charge in [-0.25, -0.2) is 13.2 Å². The van der Waals surface area contributed by atoms with Crippen LogP contribution in [-0.4, -0.2) is 38.6 Å². The number of benzene rings is 1. The lowest BCUT2D eigenvalue weighted by molar-refractivity contribution is -0.123. The molecule has 144 valence electrons. The van der Waals surface area contributed by atoms with Gasteiger partial charge in [0.1, 0.15) is 5.00 Å². The van der Waals surface area contributed by atoms with E-state index in [0.29, 0.717) is 5.56 Å². The van der Waals surface area contributed by atoms with Crippen LogP contribution in [0.2, 0.25) is 0 Å². The van der Waals surface area contributed by atoms with Crippen LogP contribution in [0.25, 0.3) is 0 Å². The van der Waals surface area contributed by atoms with E-state index in [4.69, 9.17) is 10.5 Å². The topological polar surface area (TPSA) is 133 Å². The highest BCUT2D eigenvalue weighted by molar-refractivity contribution is 7.89. The molecule has 0 aliphatic carbocycles. The number of carbonyl (C=O) groups excluding carboxylic acids is 3. The van der Waals surface area contributed by atoms with Crippen molar-refractivity contribution in [1.82, 2.24) is 0 Å². The number of esters is 1. The summed E-state index contributed by atoms with van der Waals surface area (Å²) in [7, 11) is -3.25. The number of rotatable bonds is 7. The predicted molar refractivity (Wildman–Crippen MR) is 101 cm³/mol. The molecular weight excluding hydrogens is 392 g/mol. The number of nitrogens with two attached hydrogens (primary N) is 1. The number of hydrogen-bond acceptors (Lipinski definition) is 7. The molecule has 1 atom stereocenters. The quantitative estimate of drug-likeness (QED) is 0.666.